The van der Waals surface area contributed by atoms with Crippen molar-refractivity contribution in [3.8, 4) is 11.5 Å². The van der Waals surface area contributed by atoms with Crippen LogP contribution >= 0.6 is 24.0 Å². The second-order valence-electron chi connectivity index (χ2n) is 5.71. The van der Waals surface area contributed by atoms with Gasteiger partial charge in [-0.2, -0.15) is 4.98 Å². The predicted octanol–water partition coefficient (Wildman–Crippen LogP) is 2.57. The Morgan fingerprint density at radius 3 is 2.63 bits per heavy atom. The molecule has 2 rings (SSSR count). The minimum absolute atomic E-state index is 0. The number of methoxy groups -OCH3 is 1. The molecule has 0 aliphatic heterocycles. The van der Waals surface area contributed by atoms with Crippen molar-refractivity contribution in [2.24, 2.45) is 4.99 Å². The van der Waals surface area contributed by atoms with E-state index in [1.807, 2.05) is 38.1 Å². The maximum absolute atomic E-state index is 5.92. The van der Waals surface area contributed by atoms with E-state index < -0.39 is 0 Å². The lowest BCUT2D eigenvalue weighted by Gasteiger charge is -2.16. The van der Waals surface area contributed by atoms with Crippen LogP contribution in [0.3, 0.4) is 0 Å². The van der Waals surface area contributed by atoms with Gasteiger partial charge in [0.2, 0.25) is 5.89 Å². The van der Waals surface area contributed by atoms with Crippen molar-refractivity contribution >= 4 is 29.9 Å². The van der Waals surface area contributed by atoms with Crippen molar-refractivity contribution in [3.63, 3.8) is 0 Å². The molecule has 1 heterocycles. The zero-order chi connectivity index (χ0) is 18.8. The smallest absolute Gasteiger partial charge is 0.228 e. The van der Waals surface area contributed by atoms with E-state index in [1.54, 1.807) is 14.0 Å². The van der Waals surface area contributed by atoms with Gasteiger partial charge >= 0.3 is 0 Å². The zero-order valence-electron chi connectivity index (χ0n) is 16.2. The number of hydrogen-bond acceptors (Lipinski definition) is 6. The first-order valence-electron chi connectivity index (χ1n) is 8.73. The Morgan fingerprint density at radius 2 is 2.00 bits per heavy atom. The summed E-state index contributed by atoms with van der Waals surface area (Å²) in [4.78, 5) is 8.74. The molecule has 0 aliphatic carbocycles. The van der Waals surface area contributed by atoms with Crippen molar-refractivity contribution in [1.29, 1.82) is 0 Å². The van der Waals surface area contributed by atoms with Crippen molar-refractivity contribution in [3.05, 3.63) is 36.0 Å². The minimum Gasteiger partial charge on any atom is -0.493 e. The Hall–Kier alpha value is -2.04. The lowest BCUT2D eigenvalue weighted by Crippen LogP contribution is -2.39. The largest absolute Gasteiger partial charge is 0.493 e. The summed E-state index contributed by atoms with van der Waals surface area (Å²) >= 11 is 0. The van der Waals surface area contributed by atoms with Crippen LogP contribution in [0.4, 0.5) is 0 Å². The van der Waals surface area contributed by atoms with Gasteiger partial charge in [-0.1, -0.05) is 17.3 Å². The van der Waals surface area contributed by atoms with E-state index in [9.17, 15) is 0 Å². The van der Waals surface area contributed by atoms with Crippen LogP contribution in [0.2, 0.25) is 0 Å². The molecule has 9 heteroatoms. The third kappa shape index (κ3) is 8.02. The van der Waals surface area contributed by atoms with Gasteiger partial charge in [0.15, 0.2) is 23.3 Å². The first-order chi connectivity index (χ1) is 12.6. The van der Waals surface area contributed by atoms with Gasteiger partial charge in [0, 0.05) is 19.5 Å². The summed E-state index contributed by atoms with van der Waals surface area (Å²) in [6, 6.07) is 7.58. The van der Waals surface area contributed by atoms with Gasteiger partial charge in [-0.15, -0.1) is 24.0 Å². The Balaban J connectivity index is 0.00000364. The number of benzene rings is 1. The second kappa shape index (κ2) is 12.4. The first kappa shape index (κ1) is 23.0. The van der Waals surface area contributed by atoms with Crippen LogP contribution in [0.5, 0.6) is 11.5 Å². The molecular formula is C18H28IN5O3. The molecule has 2 aromatic rings. The highest BCUT2D eigenvalue weighted by Gasteiger charge is 2.09. The fraction of sp³-hybridized carbons (Fsp3) is 0.500. The molecule has 8 nitrogen and oxygen atoms in total. The van der Waals surface area contributed by atoms with Crippen LogP contribution in [-0.2, 0) is 6.42 Å². The van der Waals surface area contributed by atoms with Crippen LogP contribution in [0.15, 0.2) is 33.8 Å². The molecule has 0 aliphatic rings. The number of aromatic nitrogens is 2. The molecule has 0 saturated carbocycles. The average molecular weight is 489 g/mol. The third-order valence-corrected chi connectivity index (χ3v) is 3.45. The van der Waals surface area contributed by atoms with E-state index in [2.05, 4.69) is 25.8 Å². The van der Waals surface area contributed by atoms with E-state index in [-0.39, 0.29) is 30.1 Å². The lowest BCUT2D eigenvalue weighted by molar-refractivity contribution is 0.219. The van der Waals surface area contributed by atoms with Crippen molar-refractivity contribution in [1.82, 2.24) is 20.8 Å². The minimum atomic E-state index is -0.0969. The molecule has 2 N–H and O–H groups in total. The van der Waals surface area contributed by atoms with Crippen LogP contribution in [0.25, 0.3) is 0 Å². The molecule has 1 aromatic heterocycles. The molecule has 1 unspecified atom stereocenters. The predicted molar refractivity (Wildman–Crippen MR) is 115 cm³/mol. The van der Waals surface area contributed by atoms with Gasteiger partial charge in [-0.05, 0) is 32.9 Å². The number of ether oxygens (including phenoxy) is 2. The molecule has 0 bridgehead atoms. The molecule has 1 aromatic carbocycles. The van der Waals surface area contributed by atoms with Crippen LogP contribution in [0, 0.1) is 6.92 Å². The van der Waals surface area contributed by atoms with E-state index in [4.69, 9.17) is 14.0 Å². The average Bonchev–Trinajstić information content (AvgIpc) is 3.05. The molecule has 0 saturated heterocycles. The monoisotopic (exact) mass is 489 g/mol. The Kier molecular flexibility index (Phi) is 10.5. The number of halogens is 1. The van der Waals surface area contributed by atoms with Crippen molar-refractivity contribution in [2.75, 3.05) is 26.7 Å². The quantitative estimate of drug-likeness (QED) is 0.318. The summed E-state index contributed by atoms with van der Waals surface area (Å²) in [6.45, 7) is 7.72. The fourth-order valence-electron chi connectivity index (χ4n) is 2.26. The van der Waals surface area contributed by atoms with E-state index in [0.717, 1.165) is 12.5 Å². The molecular weight excluding hydrogens is 461 g/mol. The van der Waals surface area contributed by atoms with Crippen molar-refractivity contribution < 1.29 is 14.0 Å². The summed E-state index contributed by atoms with van der Waals surface area (Å²) in [5.41, 5.74) is 0. The molecule has 1 atom stereocenters. The summed E-state index contributed by atoms with van der Waals surface area (Å²) < 4.78 is 16.3. The maximum atomic E-state index is 5.92. The maximum Gasteiger partial charge on any atom is 0.228 e. The molecule has 0 spiro atoms. The molecule has 150 valence electrons. The number of guanidine groups is 1. The van der Waals surface area contributed by atoms with Crippen molar-refractivity contribution in [2.45, 2.75) is 33.3 Å². The SMILES string of the molecule is CCNC(=NCC(C)Oc1ccccc1OC)NCCc1nc(C)no1.I. The summed E-state index contributed by atoms with van der Waals surface area (Å²) in [5, 5.41) is 10.2. The highest BCUT2D eigenvalue weighted by molar-refractivity contribution is 14.0. The highest BCUT2D eigenvalue weighted by atomic mass is 127. The van der Waals surface area contributed by atoms with E-state index >= 15 is 0 Å². The normalized spacial score (nSPS) is 12.1. The third-order valence-electron chi connectivity index (χ3n) is 3.45. The van der Waals surface area contributed by atoms with Gasteiger partial charge in [-0.3, -0.25) is 0 Å². The number of nitrogens with one attached hydrogen (secondary N) is 2. The van der Waals surface area contributed by atoms with Crippen LogP contribution in [-0.4, -0.2) is 48.9 Å². The standard InChI is InChI=1S/C18H27N5O3.HI/c1-5-19-18(20-11-10-17-22-14(3)23-26-17)21-12-13(2)25-16-9-7-6-8-15(16)24-4;/h6-9,13H,5,10-12H2,1-4H3,(H2,19,20,21);1H. The highest BCUT2D eigenvalue weighted by Crippen LogP contribution is 2.26. The van der Waals surface area contributed by atoms with Gasteiger partial charge in [-0.25, -0.2) is 4.99 Å². The van der Waals surface area contributed by atoms with E-state index in [0.29, 0.717) is 42.7 Å². The number of hydrogen-bond donors (Lipinski definition) is 2. The van der Waals surface area contributed by atoms with Gasteiger partial charge in [0.25, 0.3) is 0 Å². The Morgan fingerprint density at radius 1 is 1.26 bits per heavy atom. The Labute approximate surface area is 177 Å². The number of para-hydroxylation sites is 2. The summed E-state index contributed by atoms with van der Waals surface area (Å²) in [6.07, 6.45) is 0.541. The Bertz CT molecular complexity index is 708. The molecule has 27 heavy (non-hydrogen) atoms. The second-order valence-corrected chi connectivity index (χ2v) is 5.71. The van der Waals surface area contributed by atoms with Crippen LogP contribution in [0.1, 0.15) is 25.6 Å². The fourth-order valence-corrected chi connectivity index (χ4v) is 2.26. The molecule has 0 radical (unpaired) electrons. The van der Waals surface area contributed by atoms with Gasteiger partial charge in [0.05, 0.1) is 13.7 Å². The number of aryl methyl sites for hydroxylation is 1. The zero-order valence-corrected chi connectivity index (χ0v) is 18.5. The molecule has 0 fully saturated rings. The van der Waals surface area contributed by atoms with Gasteiger partial charge < -0.3 is 24.6 Å². The number of aliphatic imine (C=N–C) groups is 1. The van der Waals surface area contributed by atoms with Gasteiger partial charge in [0.1, 0.15) is 6.10 Å². The number of rotatable bonds is 9. The topological polar surface area (TPSA) is 93.8 Å². The first-order valence-corrected chi connectivity index (χ1v) is 8.73. The van der Waals surface area contributed by atoms with E-state index in [1.165, 1.54) is 0 Å². The summed E-state index contributed by atoms with van der Waals surface area (Å²) in [7, 11) is 1.63. The van der Waals surface area contributed by atoms with Crippen LogP contribution < -0.4 is 20.1 Å². The summed E-state index contributed by atoms with van der Waals surface area (Å²) in [5.74, 6) is 3.39. The lowest BCUT2D eigenvalue weighted by atomic mass is 10.3. The number of nitrogens with zero attached hydrogens (tertiary/aromatic N) is 3. The molecule has 0 amide bonds.